The standard InChI is InChI=1S/C10H13N3O2S/c11-5-1-6-13-16(14,15)9-4-10-2-7-12-8-3-10/h2-3,7-8,13H,1,4,6,9H2. The van der Waals surface area contributed by atoms with Gasteiger partial charge in [0.25, 0.3) is 0 Å². The molecule has 0 aliphatic heterocycles. The Morgan fingerprint density at radius 1 is 1.38 bits per heavy atom. The number of nitriles is 1. The molecule has 86 valence electrons. The van der Waals surface area contributed by atoms with Crippen molar-refractivity contribution in [3.8, 4) is 6.07 Å². The molecule has 16 heavy (non-hydrogen) atoms. The summed E-state index contributed by atoms with van der Waals surface area (Å²) in [6.45, 7) is 0.176. The number of nitrogens with one attached hydrogen (secondary N) is 1. The van der Waals surface area contributed by atoms with E-state index in [0.29, 0.717) is 6.42 Å². The van der Waals surface area contributed by atoms with Gasteiger partial charge in [-0.3, -0.25) is 4.98 Å². The fraction of sp³-hybridized carbons (Fsp3) is 0.400. The summed E-state index contributed by atoms with van der Waals surface area (Å²) in [7, 11) is -3.27. The first-order valence-electron chi connectivity index (χ1n) is 4.87. The normalized spacial score (nSPS) is 10.9. The fourth-order valence-corrected chi connectivity index (χ4v) is 2.20. The SMILES string of the molecule is N#CCCNS(=O)(=O)CCc1ccncc1. The third-order valence-electron chi connectivity index (χ3n) is 1.97. The smallest absolute Gasteiger partial charge is 0.211 e. The Morgan fingerprint density at radius 3 is 2.69 bits per heavy atom. The Morgan fingerprint density at radius 2 is 2.06 bits per heavy atom. The largest absolute Gasteiger partial charge is 0.265 e. The van der Waals surface area contributed by atoms with Crippen LogP contribution in [0, 0.1) is 11.3 Å². The number of nitrogens with zero attached hydrogens (tertiary/aromatic N) is 2. The van der Waals surface area contributed by atoms with Crippen molar-refractivity contribution < 1.29 is 8.42 Å². The van der Waals surface area contributed by atoms with Crippen LogP contribution in [0.2, 0.25) is 0 Å². The highest BCUT2D eigenvalue weighted by molar-refractivity contribution is 7.89. The van der Waals surface area contributed by atoms with Crippen LogP contribution in [0.4, 0.5) is 0 Å². The van der Waals surface area contributed by atoms with Gasteiger partial charge in [-0.15, -0.1) is 0 Å². The van der Waals surface area contributed by atoms with Gasteiger partial charge in [0, 0.05) is 25.4 Å². The van der Waals surface area contributed by atoms with E-state index in [1.807, 2.05) is 6.07 Å². The molecule has 0 saturated heterocycles. The minimum atomic E-state index is -3.27. The van der Waals surface area contributed by atoms with Gasteiger partial charge < -0.3 is 0 Å². The number of rotatable bonds is 6. The molecule has 0 bridgehead atoms. The lowest BCUT2D eigenvalue weighted by molar-refractivity contribution is 0.581. The van der Waals surface area contributed by atoms with Gasteiger partial charge in [0.15, 0.2) is 0 Å². The molecule has 1 heterocycles. The van der Waals surface area contributed by atoms with Crippen LogP contribution in [0.5, 0.6) is 0 Å². The second-order valence-electron chi connectivity index (χ2n) is 3.23. The maximum atomic E-state index is 11.4. The zero-order valence-electron chi connectivity index (χ0n) is 8.76. The topological polar surface area (TPSA) is 82.9 Å². The third kappa shape index (κ3) is 4.87. The van der Waals surface area contributed by atoms with Crippen molar-refractivity contribution in [1.29, 1.82) is 5.26 Å². The highest BCUT2D eigenvalue weighted by Crippen LogP contribution is 1.99. The highest BCUT2D eigenvalue weighted by Gasteiger charge is 2.09. The molecule has 0 aliphatic rings. The Bertz CT molecular complexity index is 451. The van der Waals surface area contributed by atoms with E-state index in [0.717, 1.165) is 5.56 Å². The summed E-state index contributed by atoms with van der Waals surface area (Å²) in [5.41, 5.74) is 0.931. The van der Waals surface area contributed by atoms with E-state index in [2.05, 4.69) is 9.71 Å². The molecule has 1 aromatic rings. The molecule has 0 fully saturated rings. The van der Waals surface area contributed by atoms with Gasteiger partial charge in [-0.1, -0.05) is 0 Å². The molecule has 0 amide bonds. The molecule has 1 N–H and O–H groups in total. The maximum Gasteiger partial charge on any atom is 0.211 e. The molecule has 0 saturated carbocycles. The molecular formula is C10H13N3O2S. The van der Waals surface area contributed by atoms with Crippen molar-refractivity contribution in [3.05, 3.63) is 30.1 Å². The summed E-state index contributed by atoms with van der Waals surface area (Å²) in [5.74, 6) is 0.0302. The van der Waals surface area contributed by atoms with Gasteiger partial charge in [-0.25, -0.2) is 13.1 Å². The predicted octanol–water partition coefficient (Wildman–Crippen LogP) is 0.457. The lowest BCUT2D eigenvalue weighted by Crippen LogP contribution is -2.28. The first kappa shape index (κ1) is 12.6. The van der Waals surface area contributed by atoms with Gasteiger partial charge >= 0.3 is 0 Å². The molecule has 0 aromatic carbocycles. The lowest BCUT2D eigenvalue weighted by atomic mass is 10.2. The van der Waals surface area contributed by atoms with Crippen molar-refractivity contribution in [2.45, 2.75) is 12.8 Å². The Balaban J connectivity index is 2.40. The maximum absolute atomic E-state index is 11.4. The predicted molar refractivity (Wildman–Crippen MR) is 60.0 cm³/mol. The summed E-state index contributed by atoms with van der Waals surface area (Å²) in [4.78, 5) is 3.85. The average molecular weight is 239 g/mol. The van der Waals surface area contributed by atoms with Gasteiger partial charge in [-0.2, -0.15) is 5.26 Å². The molecule has 5 nitrogen and oxygen atoms in total. The van der Waals surface area contributed by atoms with Crippen LogP contribution >= 0.6 is 0 Å². The molecule has 0 unspecified atom stereocenters. The molecule has 1 rings (SSSR count). The molecule has 6 heteroatoms. The molecule has 1 aromatic heterocycles. The lowest BCUT2D eigenvalue weighted by Gasteiger charge is -2.04. The summed E-state index contributed by atoms with van der Waals surface area (Å²) in [6.07, 6.45) is 3.90. The van der Waals surface area contributed by atoms with E-state index >= 15 is 0 Å². The second kappa shape index (κ2) is 6.20. The summed E-state index contributed by atoms with van der Waals surface area (Å²) in [6, 6.07) is 5.44. The average Bonchev–Trinajstić information content (AvgIpc) is 2.28. The number of pyridine rings is 1. The van der Waals surface area contributed by atoms with Gasteiger partial charge in [-0.05, 0) is 24.1 Å². The summed E-state index contributed by atoms with van der Waals surface area (Å²) < 4.78 is 25.2. The fourth-order valence-electron chi connectivity index (χ4n) is 1.14. The molecule has 0 radical (unpaired) electrons. The van der Waals surface area contributed by atoms with E-state index in [1.54, 1.807) is 24.5 Å². The van der Waals surface area contributed by atoms with E-state index in [9.17, 15) is 8.42 Å². The first-order chi connectivity index (χ1) is 7.64. The number of aromatic nitrogens is 1. The van der Waals surface area contributed by atoms with E-state index in [4.69, 9.17) is 5.26 Å². The van der Waals surface area contributed by atoms with Crippen LogP contribution in [0.3, 0.4) is 0 Å². The molecule has 0 aliphatic carbocycles. The van der Waals surface area contributed by atoms with Crippen molar-refractivity contribution in [2.75, 3.05) is 12.3 Å². The second-order valence-corrected chi connectivity index (χ2v) is 5.15. The van der Waals surface area contributed by atoms with Gasteiger partial charge in [0.05, 0.1) is 11.8 Å². The Hall–Kier alpha value is -1.45. The van der Waals surface area contributed by atoms with Crippen molar-refractivity contribution >= 4 is 10.0 Å². The van der Waals surface area contributed by atoms with Gasteiger partial charge in [0.1, 0.15) is 0 Å². The Labute approximate surface area is 95.2 Å². The number of aryl methyl sites for hydroxylation is 1. The molecule has 0 spiro atoms. The minimum absolute atomic E-state index is 0.0302. The van der Waals surface area contributed by atoms with E-state index < -0.39 is 10.0 Å². The summed E-state index contributed by atoms with van der Waals surface area (Å²) >= 11 is 0. The van der Waals surface area contributed by atoms with Crippen LogP contribution in [-0.2, 0) is 16.4 Å². The monoisotopic (exact) mass is 239 g/mol. The number of hydrogen-bond acceptors (Lipinski definition) is 4. The quantitative estimate of drug-likeness (QED) is 0.731. The van der Waals surface area contributed by atoms with Crippen LogP contribution in [0.15, 0.2) is 24.5 Å². The zero-order chi connectivity index (χ0) is 11.9. The third-order valence-corrected chi connectivity index (χ3v) is 3.35. The van der Waals surface area contributed by atoms with Crippen molar-refractivity contribution in [3.63, 3.8) is 0 Å². The van der Waals surface area contributed by atoms with E-state index in [-0.39, 0.29) is 18.7 Å². The zero-order valence-corrected chi connectivity index (χ0v) is 9.57. The minimum Gasteiger partial charge on any atom is -0.265 e. The van der Waals surface area contributed by atoms with E-state index in [1.165, 1.54) is 0 Å². The highest BCUT2D eigenvalue weighted by atomic mass is 32.2. The van der Waals surface area contributed by atoms with Crippen LogP contribution in [0.1, 0.15) is 12.0 Å². The van der Waals surface area contributed by atoms with Crippen molar-refractivity contribution in [2.24, 2.45) is 0 Å². The van der Waals surface area contributed by atoms with Crippen molar-refractivity contribution in [1.82, 2.24) is 9.71 Å². The molecule has 0 atom stereocenters. The first-order valence-corrected chi connectivity index (χ1v) is 6.52. The molecular weight excluding hydrogens is 226 g/mol. The van der Waals surface area contributed by atoms with Crippen LogP contribution < -0.4 is 4.72 Å². The van der Waals surface area contributed by atoms with Gasteiger partial charge in [0.2, 0.25) is 10.0 Å². The number of hydrogen-bond donors (Lipinski definition) is 1. The van der Waals surface area contributed by atoms with Crippen LogP contribution in [-0.4, -0.2) is 25.7 Å². The number of sulfonamides is 1. The van der Waals surface area contributed by atoms with Crippen LogP contribution in [0.25, 0.3) is 0 Å². The summed E-state index contributed by atoms with van der Waals surface area (Å²) in [5, 5.41) is 8.28. The Kier molecular flexibility index (Phi) is 4.89.